The summed E-state index contributed by atoms with van der Waals surface area (Å²) in [5.41, 5.74) is 14.9. The van der Waals surface area contributed by atoms with Gasteiger partial charge in [-0.25, -0.2) is 0 Å². The van der Waals surface area contributed by atoms with Crippen molar-refractivity contribution >= 4 is 36.2 Å². The van der Waals surface area contributed by atoms with Crippen LogP contribution in [0.15, 0.2) is 36.4 Å². The van der Waals surface area contributed by atoms with Gasteiger partial charge in [0.05, 0.1) is 0 Å². The van der Waals surface area contributed by atoms with Gasteiger partial charge in [-0.05, 0) is 24.3 Å². The molecule has 2 aromatic rings. The second kappa shape index (κ2) is 5.91. The number of para-hydroxylation sites is 1. The van der Waals surface area contributed by atoms with Gasteiger partial charge in [0.25, 0.3) is 0 Å². The van der Waals surface area contributed by atoms with E-state index in [4.69, 9.17) is 20.9 Å². The largest absolute Gasteiger partial charge is 0.454 e. The van der Waals surface area contributed by atoms with Crippen LogP contribution in [-0.4, -0.2) is 6.79 Å². The molecule has 19 heavy (non-hydrogen) atoms. The van der Waals surface area contributed by atoms with Crippen molar-refractivity contribution in [2.45, 2.75) is 0 Å². The van der Waals surface area contributed by atoms with E-state index in [1.165, 1.54) is 0 Å². The van der Waals surface area contributed by atoms with Crippen LogP contribution in [0.5, 0.6) is 11.5 Å². The molecule has 0 fully saturated rings. The summed E-state index contributed by atoms with van der Waals surface area (Å²) in [4.78, 5) is 0. The smallest absolute Gasteiger partial charge is 0.231 e. The minimum atomic E-state index is 0. The molecule has 4 N–H and O–H groups in total. The summed E-state index contributed by atoms with van der Waals surface area (Å²) >= 11 is 0. The summed E-state index contributed by atoms with van der Waals surface area (Å²) in [6.07, 6.45) is 0. The van der Waals surface area contributed by atoms with Crippen molar-refractivity contribution < 1.29 is 9.47 Å². The minimum absolute atomic E-state index is 0. The van der Waals surface area contributed by atoms with E-state index in [1.807, 2.05) is 24.3 Å². The van der Waals surface area contributed by atoms with Gasteiger partial charge < -0.3 is 20.9 Å². The van der Waals surface area contributed by atoms with Crippen LogP contribution < -0.4 is 20.9 Å². The number of ether oxygens (including phenoxy) is 2. The zero-order valence-electron chi connectivity index (χ0n) is 9.96. The minimum Gasteiger partial charge on any atom is -0.454 e. The van der Waals surface area contributed by atoms with E-state index in [0.29, 0.717) is 11.4 Å². The fraction of sp³-hybridized carbons (Fsp3) is 0.0769. The lowest BCUT2D eigenvalue weighted by Crippen LogP contribution is -1.95. The summed E-state index contributed by atoms with van der Waals surface area (Å²) in [5, 5.41) is 0. The summed E-state index contributed by atoms with van der Waals surface area (Å²) in [6.45, 7) is 0.245. The molecule has 0 amide bonds. The lowest BCUT2D eigenvalue weighted by Gasteiger charge is -2.09. The van der Waals surface area contributed by atoms with Gasteiger partial charge in [0.15, 0.2) is 11.5 Å². The second-order valence-corrected chi connectivity index (χ2v) is 3.89. The number of fused-ring (bicyclic) bond motifs is 1. The Bertz CT molecular complexity index is 591. The van der Waals surface area contributed by atoms with E-state index in [0.717, 1.165) is 22.6 Å². The van der Waals surface area contributed by atoms with E-state index in [2.05, 4.69) is 0 Å². The highest BCUT2D eigenvalue weighted by molar-refractivity contribution is 5.86. The third kappa shape index (κ3) is 2.64. The van der Waals surface area contributed by atoms with Crippen LogP contribution in [0.25, 0.3) is 11.1 Å². The van der Waals surface area contributed by atoms with Crippen LogP contribution in [0.3, 0.4) is 0 Å². The molecule has 0 saturated heterocycles. The van der Waals surface area contributed by atoms with E-state index >= 15 is 0 Å². The number of rotatable bonds is 1. The molecule has 3 rings (SSSR count). The molecule has 0 bridgehead atoms. The topological polar surface area (TPSA) is 70.5 Å². The Labute approximate surface area is 123 Å². The number of hydrogen-bond donors (Lipinski definition) is 2. The average molecular weight is 301 g/mol. The van der Waals surface area contributed by atoms with Gasteiger partial charge in [0.2, 0.25) is 6.79 Å². The molecule has 2 aromatic carbocycles. The van der Waals surface area contributed by atoms with Crippen molar-refractivity contribution in [3.8, 4) is 22.6 Å². The zero-order chi connectivity index (χ0) is 11.8. The van der Waals surface area contributed by atoms with Crippen molar-refractivity contribution in [2.75, 3.05) is 18.3 Å². The fourth-order valence-corrected chi connectivity index (χ4v) is 1.95. The molecule has 1 heterocycles. The van der Waals surface area contributed by atoms with Gasteiger partial charge in [0, 0.05) is 22.5 Å². The number of hydrogen-bond acceptors (Lipinski definition) is 4. The highest BCUT2D eigenvalue weighted by Gasteiger charge is 2.19. The summed E-state index contributed by atoms with van der Waals surface area (Å²) in [7, 11) is 0. The van der Waals surface area contributed by atoms with Crippen LogP contribution in [0.2, 0.25) is 0 Å². The maximum absolute atomic E-state index is 5.96. The Kier molecular flexibility index (Phi) is 4.75. The molecule has 4 nitrogen and oxygen atoms in total. The van der Waals surface area contributed by atoms with Crippen LogP contribution in [0, 0.1) is 0 Å². The predicted molar refractivity (Wildman–Crippen MR) is 81.3 cm³/mol. The number of nitrogen functional groups attached to an aromatic ring is 2. The Hall–Kier alpha value is -1.78. The Balaban J connectivity index is 0.000000902. The summed E-state index contributed by atoms with van der Waals surface area (Å²) < 4.78 is 10.8. The lowest BCUT2D eigenvalue weighted by molar-refractivity contribution is 0.174. The first kappa shape index (κ1) is 15.3. The summed E-state index contributed by atoms with van der Waals surface area (Å²) in [6, 6.07) is 11.1. The van der Waals surface area contributed by atoms with Gasteiger partial charge in [-0.15, -0.1) is 24.8 Å². The maximum Gasteiger partial charge on any atom is 0.231 e. The number of nitrogens with two attached hydrogens (primary N) is 2. The molecule has 1 aliphatic heterocycles. The first-order valence-electron chi connectivity index (χ1n) is 5.29. The molecule has 0 saturated carbocycles. The molecular weight excluding hydrogens is 287 g/mol. The van der Waals surface area contributed by atoms with E-state index in [-0.39, 0.29) is 31.6 Å². The van der Waals surface area contributed by atoms with Crippen molar-refractivity contribution in [1.82, 2.24) is 0 Å². The van der Waals surface area contributed by atoms with E-state index < -0.39 is 0 Å². The number of benzene rings is 2. The quantitative estimate of drug-likeness (QED) is 0.794. The molecule has 0 atom stereocenters. The second-order valence-electron chi connectivity index (χ2n) is 3.89. The lowest BCUT2D eigenvalue weighted by atomic mass is 10.0. The van der Waals surface area contributed by atoms with Gasteiger partial charge in [-0.3, -0.25) is 0 Å². The molecule has 0 radical (unpaired) electrons. The molecule has 0 aliphatic carbocycles. The van der Waals surface area contributed by atoms with Gasteiger partial charge in [-0.2, -0.15) is 0 Å². The van der Waals surface area contributed by atoms with Crippen molar-refractivity contribution in [2.24, 2.45) is 0 Å². The SMILES string of the molecule is Cl.Cl.Nc1ccc(N)c(-c2cccc3c2OCO3)c1. The number of halogens is 2. The Morgan fingerprint density at radius 3 is 2.47 bits per heavy atom. The molecule has 0 unspecified atom stereocenters. The zero-order valence-corrected chi connectivity index (χ0v) is 11.6. The Morgan fingerprint density at radius 2 is 1.68 bits per heavy atom. The molecule has 102 valence electrons. The number of anilines is 2. The predicted octanol–water partition coefficient (Wildman–Crippen LogP) is 3.09. The average Bonchev–Trinajstić information content (AvgIpc) is 2.80. The third-order valence-electron chi connectivity index (χ3n) is 2.76. The maximum atomic E-state index is 5.96. The van der Waals surface area contributed by atoms with Crippen molar-refractivity contribution in [1.29, 1.82) is 0 Å². The van der Waals surface area contributed by atoms with Crippen LogP contribution in [-0.2, 0) is 0 Å². The van der Waals surface area contributed by atoms with Crippen LogP contribution in [0.1, 0.15) is 0 Å². The normalized spacial score (nSPS) is 11.4. The molecule has 6 heteroatoms. The summed E-state index contributed by atoms with van der Waals surface area (Å²) in [5.74, 6) is 1.47. The van der Waals surface area contributed by atoms with E-state index in [1.54, 1.807) is 12.1 Å². The van der Waals surface area contributed by atoms with Gasteiger partial charge in [-0.1, -0.05) is 12.1 Å². The third-order valence-corrected chi connectivity index (χ3v) is 2.76. The molecule has 1 aliphatic rings. The van der Waals surface area contributed by atoms with Crippen molar-refractivity contribution in [3.63, 3.8) is 0 Å². The monoisotopic (exact) mass is 300 g/mol. The van der Waals surface area contributed by atoms with Gasteiger partial charge in [0.1, 0.15) is 0 Å². The molecule has 0 aromatic heterocycles. The highest BCUT2D eigenvalue weighted by Crippen LogP contribution is 2.43. The van der Waals surface area contributed by atoms with Crippen LogP contribution in [0.4, 0.5) is 11.4 Å². The van der Waals surface area contributed by atoms with Gasteiger partial charge >= 0.3 is 0 Å². The van der Waals surface area contributed by atoms with E-state index in [9.17, 15) is 0 Å². The molecular formula is C13H14Cl2N2O2. The fourth-order valence-electron chi connectivity index (χ4n) is 1.95. The molecule has 0 spiro atoms. The first-order chi connectivity index (χ1) is 8.25. The standard InChI is InChI=1S/C13H12N2O2.2ClH/c14-8-4-5-11(15)10(6-8)9-2-1-3-12-13(9)17-7-16-12;;/h1-6H,7,14-15H2;2*1H. The first-order valence-corrected chi connectivity index (χ1v) is 5.29. The van der Waals surface area contributed by atoms with Crippen LogP contribution >= 0.6 is 24.8 Å². The van der Waals surface area contributed by atoms with Crippen molar-refractivity contribution in [3.05, 3.63) is 36.4 Å². The Morgan fingerprint density at radius 1 is 0.895 bits per heavy atom. The highest BCUT2D eigenvalue weighted by atomic mass is 35.5.